The van der Waals surface area contributed by atoms with Crippen molar-refractivity contribution in [2.45, 2.75) is 26.8 Å². The van der Waals surface area contributed by atoms with Crippen LogP contribution in [-0.4, -0.2) is 12.5 Å². The van der Waals surface area contributed by atoms with Crippen LogP contribution in [0.2, 0.25) is 0 Å². The molecule has 0 atom stereocenters. The number of carbonyl (C=O) groups is 1. The number of hydrogen-bond acceptors (Lipinski definition) is 3. The molecule has 2 aromatic rings. The van der Waals surface area contributed by atoms with E-state index in [1.54, 1.807) is 11.3 Å². The second-order valence-electron chi connectivity index (χ2n) is 5.21. The second-order valence-corrected chi connectivity index (χ2v) is 6.47. The van der Waals surface area contributed by atoms with Crippen molar-refractivity contribution in [1.82, 2.24) is 5.32 Å². The van der Waals surface area contributed by atoms with Gasteiger partial charge in [-0.25, -0.2) is 0 Å². The molecule has 0 bridgehead atoms. The Labute approximate surface area is 135 Å². The molecule has 3 nitrogen and oxygen atoms in total. The average Bonchev–Trinajstić information content (AvgIpc) is 2.79. The van der Waals surface area contributed by atoms with Gasteiger partial charge in [0.1, 0.15) is 0 Å². The number of fused-ring (bicyclic) bond motifs is 1. The fraction of sp³-hybridized carbons (Fsp3) is 0.312. The average molecular weight is 323 g/mol. The maximum Gasteiger partial charge on any atom is 0.265 e. The molecular formula is C16H19ClN2OS. The number of nitrogens with one attached hydrogen (secondary N) is 2. The third kappa shape index (κ3) is 3.46. The summed E-state index contributed by atoms with van der Waals surface area (Å²) in [5.74, 6) is -0.0186. The Balaban J connectivity index is 0.00000161. The number of amides is 1. The fourth-order valence-electron chi connectivity index (χ4n) is 2.44. The Morgan fingerprint density at radius 1 is 1.24 bits per heavy atom. The van der Waals surface area contributed by atoms with Crippen molar-refractivity contribution in [3.05, 3.63) is 50.7 Å². The van der Waals surface area contributed by atoms with E-state index in [4.69, 9.17) is 0 Å². The molecule has 0 saturated carbocycles. The Morgan fingerprint density at radius 3 is 2.76 bits per heavy atom. The molecule has 21 heavy (non-hydrogen) atoms. The largest absolute Gasteiger partial charge is 0.321 e. The van der Waals surface area contributed by atoms with Crippen molar-refractivity contribution in [3.63, 3.8) is 0 Å². The van der Waals surface area contributed by atoms with Crippen molar-refractivity contribution in [3.8, 4) is 0 Å². The number of thiophene rings is 1. The number of rotatable bonds is 2. The number of aryl methyl sites for hydroxylation is 2. The van der Waals surface area contributed by atoms with Crippen LogP contribution >= 0.6 is 23.7 Å². The van der Waals surface area contributed by atoms with Gasteiger partial charge >= 0.3 is 0 Å². The van der Waals surface area contributed by atoms with Crippen LogP contribution in [0.25, 0.3) is 0 Å². The SMILES string of the molecule is Cc1cc(C(=O)Nc2ccc3c(c2)CNCC3)sc1C.Cl. The van der Waals surface area contributed by atoms with E-state index in [0.29, 0.717) is 0 Å². The van der Waals surface area contributed by atoms with Gasteiger partial charge in [-0.2, -0.15) is 0 Å². The molecule has 1 aliphatic rings. The number of anilines is 1. The van der Waals surface area contributed by atoms with Crippen molar-refractivity contribution < 1.29 is 4.79 Å². The molecule has 2 heterocycles. The smallest absolute Gasteiger partial charge is 0.265 e. The van der Waals surface area contributed by atoms with Gasteiger partial charge < -0.3 is 10.6 Å². The monoisotopic (exact) mass is 322 g/mol. The molecule has 0 spiro atoms. The summed E-state index contributed by atoms with van der Waals surface area (Å²) >= 11 is 1.55. The molecule has 1 aliphatic heterocycles. The molecule has 1 aromatic heterocycles. The highest BCUT2D eigenvalue weighted by Gasteiger charge is 2.13. The highest BCUT2D eigenvalue weighted by molar-refractivity contribution is 7.14. The van der Waals surface area contributed by atoms with Gasteiger partial charge in [-0.15, -0.1) is 23.7 Å². The summed E-state index contributed by atoms with van der Waals surface area (Å²) in [6.07, 6.45) is 1.06. The van der Waals surface area contributed by atoms with E-state index >= 15 is 0 Å². The van der Waals surface area contributed by atoms with Gasteiger partial charge in [0.25, 0.3) is 5.91 Å². The Bertz CT molecular complexity index is 647. The molecule has 0 fully saturated rings. The first kappa shape index (κ1) is 16.0. The van der Waals surface area contributed by atoms with Gasteiger partial charge in [0.15, 0.2) is 0 Å². The van der Waals surface area contributed by atoms with Crippen molar-refractivity contribution in [2.24, 2.45) is 0 Å². The number of carbonyl (C=O) groups excluding carboxylic acids is 1. The summed E-state index contributed by atoms with van der Waals surface area (Å²) in [6, 6.07) is 8.15. The topological polar surface area (TPSA) is 41.1 Å². The molecule has 0 unspecified atom stereocenters. The minimum Gasteiger partial charge on any atom is -0.321 e. The lowest BCUT2D eigenvalue weighted by molar-refractivity contribution is 0.103. The van der Waals surface area contributed by atoms with Crippen LogP contribution in [-0.2, 0) is 13.0 Å². The maximum absolute atomic E-state index is 12.2. The molecule has 1 aromatic carbocycles. The molecule has 0 radical (unpaired) electrons. The van der Waals surface area contributed by atoms with Gasteiger partial charge in [0.2, 0.25) is 0 Å². The van der Waals surface area contributed by atoms with E-state index in [1.807, 2.05) is 26.0 Å². The molecular weight excluding hydrogens is 304 g/mol. The van der Waals surface area contributed by atoms with E-state index in [-0.39, 0.29) is 18.3 Å². The van der Waals surface area contributed by atoms with Crippen molar-refractivity contribution >= 4 is 35.3 Å². The van der Waals surface area contributed by atoms with E-state index in [9.17, 15) is 4.79 Å². The van der Waals surface area contributed by atoms with Crippen LogP contribution in [0.1, 0.15) is 31.2 Å². The third-order valence-corrected chi connectivity index (χ3v) is 4.89. The minimum atomic E-state index is -0.0186. The van der Waals surface area contributed by atoms with Gasteiger partial charge in [-0.1, -0.05) is 6.07 Å². The quantitative estimate of drug-likeness (QED) is 0.885. The van der Waals surface area contributed by atoms with Crippen LogP contribution in [0.3, 0.4) is 0 Å². The maximum atomic E-state index is 12.2. The summed E-state index contributed by atoms with van der Waals surface area (Å²) in [4.78, 5) is 14.2. The van der Waals surface area contributed by atoms with Crippen LogP contribution in [0.4, 0.5) is 5.69 Å². The third-order valence-electron chi connectivity index (χ3n) is 3.74. The van der Waals surface area contributed by atoms with E-state index in [2.05, 4.69) is 22.8 Å². The molecule has 3 rings (SSSR count). The highest BCUT2D eigenvalue weighted by atomic mass is 35.5. The van der Waals surface area contributed by atoms with Crippen molar-refractivity contribution in [2.75, 3.05) is 11.9 Å². The minimum absolute atomic E-state index is 0. The zero-order valence-electron chi connectivity index (χ0n) is 12.2. The number of benzene rings is 1. The lowest BCUT2D eigenvalue weighted by Crippen LogP contribution is -2.23. The van der Waals surface area contributed by atoms with Gasteiger partial charge in [0, 0.05) is 17.1 Å². The first-order chi connectivity index (χ1) is 9.63. The molecule has 112 valence electrons. The lowest BCUT2D eigenvalue weighted by atomic mass is 10.0. The van der Waals surface area contributed by atoms with E-state index < -0.39 is 0 Å². The number of hydrogen-bond donors (Lipinski definition) is 2. The van der Waals surface area contributed by atoms with Gasteiger partial charge in [-0.05, 0) is 61.7 Å². The van der Waals surface area contributed by atoms with E-state index in [0.717, 1.165) is 30.1 Å². The predicted octanol–water partition coefficient (Wildman–Crippen LogP) is 3.68. The first-order valence-electron chi connectivity index (χ1n) is 6.84. The van der Waals surface area contributed by atoms with Crippen LogP contribution < -0.4 is 10.6 Å². The Morgan fingerprint density at radius 2 is 2.05 bits per heavy atom. The summed E-state index contributed by atoms with van der Waals surface area (Å²) in [5, 5.41) is 6.35. The van der Waals surface area contributed by atoms with Crippen LogP contribution in [0.5, 0.6) is 0 Å². The summed E-state index contributed by atoms with van der Waals surface area (Å²) in [6.45, 7) is 6.00. The van der Waals surface area contributed by atoms with Gasteiger partial charge in [0.05, 0.1) is 4.88 Å². The molecule has 2 N–H and O–H groups in total. The normalized spacial score (nSPS) is 13.2. The molecule has 5 heteroatoms. The zero-order chi connectivity index (χ0) is 14.1. The summed E-state index contributed by atoms with van der Waals surface area (Å²) in [5.41, 5.74) is 4.72. The summed E-state index contributed by atoms with van der Waals surface area (Å²) in [7, 11) is 0. The fourth-order valence-corrected chi connectivity index (χ4v) is 3.37. The Hall–Kier alpha value is -1.36. The van der Waals surface area contributed by atoms with Crippen LogP contribution in [0, 0.1) is 13.8 Å². The summed E-state index contributed by atoms with van der Waals surface area (Å²) < 4.78 is 0. The molecule has 1 amide bonds. The van der Waals surface area contributed by atoms with Gasteiger partial charge in [-0.3, -0.25) is 4.79 Å². The second kappa shape index (κ2) is 6.60. The Kier molecular flexibility index (Phi) is 5.04. The van der Waals surface area contributed by atoms with Crippen LogP contribution in [0.15, 0.2) is 24.3 Å². The zero-order valence-corrected chi connectivity index (χ0v) is 13.8. The lowest BCUT2D eigenvalue weighted by Gasteiger charge is -2.18. The first-order valence-corrected chi connectivity index (χ1v) is 7.66. The molecule has 0 saturated heterocycles. The number of halogens is 1. The predicted molar refractivity (Wildman–Crippen MR) is 90.8 cm³/mol. The molecule has 0 aliphatic carbocycles. The van der Waals surface area contributed by atoms with E-state index in [1.165, 1.54) is 21.6 Å². The standard InChI is InChI=1S/C16H18N2OS.ClH/c1-10-7-15(20-11(10)2)16(19)18-14-4-3-12-5-6-17-9-13(12)8-14;/h3-4,7-8,17H,5-6,9H2,1-2H3,(H,18,19);1H. The van der Waals surface area contributed by atoms with Crippen molar-refractivity contribution in [1.29, 1.82) is 0 Å². The highest BCUT2D eigenvalue weighted by Crippen LogP contribution is 2.23.